The van der Waals surface area contributed by atoms with Gasteiger partial charge in [-0.2, -0.15) is 0 Å². The van der Waals surface area contributed by atoms with Crippen molar-refractivity contribution in [3.63, 3.8) is 0 Å². The molecule has 4 amide bonds. The molecule has 7 rings (SSSR count). The average molecular weight is 853 g/mol. The summed E-state index contributed by atoms with van der Waals surface area (Å²) in [7, 11) is 3.81. The monoisotopic (exact) mass is 852 g/mol. The molecule has 2 aromatic heterocycles. The van der Waals surface area contributed by atoms with E-state index in [2.05, 4.69) is 37.4 Å². The summed E-state index contributed by atoms with van der Waals surface area (Å²) in [5.74, 6) is 6.85. The number of alkyl carbamates (subject to hydrolysis) is 2. The number of rotatable bonds is 6. The van der Waals surface area contributed by atoms with Gasteiger partial charge in [0, 0.05) is 36.4 Å². The first kappa shape index (κ1) is 43.5. The molecule has 0 unspecified atom stereocenters. The van der Waals surface area contributed by atoms with Crippen molar-refractivity contribution in [2.75, 3.05) is 54.2 Å². The number of carbonyl (C=O) groups excluding carboxylic acids is 5. The zero-order valence-corrected chi connectivity index (χ0v) is 35.5. The molecule has 4 atom stereocenters. The summed E-state index contributed by atoms with van der Waals surface area (Å²) in [5.41, 5.74) is 3.85. The van der Waals surface area contributed by atoms with Crippen LogP contribution in [0.25, 0.3) is 22.3 Å². The fourth-order valence-electron chi connectivity index (χ4n) is 8.11. The molecule has 2 fully saturated rings. The van der Waals surface area contributed by atoms with E-state index in [-0.39, 0.29) is 42.0 Å². The van der Waals surface area contributed by atoms with E-state index in [1.807, 2.05) is 32.0 Å². The van der Waals surface area contributed by atoms with E-state index in [0.29, 0.717) is 97.2 Å². The molecule has 5 heterocycles. The molecule has 3 aliphatic heterocycles. The molecule has 3 aliphatic rings. The smallest absolute Gasteiger partial charge is 0.407 e. The molecule has 328 valence electrons. The van der Waals surface area contributed by atoms with E-state index >= 15 is 0 Å². The van der Waals surface area contributed by atoms with Gasteiger partial charge in [-0.15, -0.1) is 0 Å². The van der Waals surface area contributed by atoms with Crippen LogP contribution in [0.4, 0.5) is 9.59 Å². The van der Waals surface area contributed by atoms with Crippen LogP contribution in [0.2, 0.25) is 0 Å². The Morgan fingerprint density at radius 2 is 1.66 bits per heavy atom. The van der Waals surface area contributed by atoms with Gasteiger partial charge in [-0.25, -0.2) is 24.4 Å². The topological polar surface area (TPSA) is 219 Å². The van der Waals surface area contributed by atoms with Gasteiger partial charge < -0.3 is 54.1 Å². The number of carbonyl (C=O) groups is 5. The highest BCUT2D eigenvalue weighted by Crippen LogP contribution is 2.36. The number of amides is 4. The molecule has 0 spiro atoms. The molecular formula is C44H52N8O10. The molecule has 2 saturated heterocycles. The van der Waals surface area contributed by atoms with Gasteiger partial charge in [-0.05, 0) is 74.8 Å². The van der Waals surface area contributed by atoms with Crippen LogP contribution in [-0.4, -0.2) is 126 Å². The van der Waals surface area contributed by atoms with E-state index in [1.165, 1.54) is 21.3 Å². The fourth-order valence-corrected chi connectivity index (χ4v) is 8.11. The van der Waals surface area contributed by atoms with Gasteiger partial charge in [0.15, 0.2) is 0 Å². The number of nitrogens with zero attached hydrogens (tertiary/aromatic N) is 4. The number of esters is 1. The van der Waals surface area contributed by atoms with Crippen molar-refractivity contribution >= 4 is 41.0 Å². The zero-order valence-electron chi connectivity index (χ0n) is 35.5. The van der Waals surface area contributed by atoms with E-state index in [9.17, 15) is 24.0 Å². The first-order chi connectivity index (χ1) is 30.0. The summed E-state index contributed by atoms with van der Waals surface area (Å²) < 4.78 is 26.9. The van der Waals surface area contributed by atoms with Crippen LogP contribution in [0.15, 0.2) is 36.5 Å². The lowest BCUT2D eigenvalue weighted by Gasteiger charge is -2.29. The number of nitrogens with one attached hydrogen (secondary N) is 4. The van der Waals surface area contributed by atoms with Crippen molar-refractivity contribution < 1.29 is 47.7 Å². The highest BCUT2D eigenvalue weighted by Gasteiger charge is 2.39. The van der Waals surface area contributed by atoms with Crippen LogP contribution in [-0.2, 0) is 28.5 Å². The zero-order chi connectivity index (χ0) is 43.9. The molecule has 0 aliphatic carbocycles. The van der Waals surface area contributed by atoms with Crippen molar-refractivity contribution in [3.05, 3.63) is 64.9 Å². The number of fused-ring (bicyclic) bond motifs is 7. The third-order valence-corrected chi connectivity index (χ3v) is 11.3. The standard InChI is InChI=1S/C44H52N8O10/c1-25(2)37(50-44(57)60-5)41(54)52-17-9-11-35(52)39-46-30-21-27(29(42(55)58-3)22-31(30)47-39)14-12-26-13-15-28-32-23-45-38(48-32)34-10-8-16-51(34)40(53)33(49-43(56)59-4)24-61-18-6-7-19-62-36(28)20-26/h13,15,20-23,25,33-35,37H,6-11,16-19,24H2,1-5H3,(H,45,48)(H,46,47)(H,49,56)(H,50,57)/t33-,34-,35-,37-/m0/s1. The maximum atomic E-state index is 13.7. The Balaban J connectivity index is 1.17. The fraction of sp³-hybridized carbons (Fsp3) is 0.477. The molecule has 18 heteroatoms. The van der Waals surface area contributed by atoms with Gasteiger partial charge in [0.1, 0.15) is 29.5 Å². The molecule has 2 aromatic carbocycles. The minimum atomic E-state index is -0.911. The second-order valence-electron chi connectivity index (χ2n) is 15.7. The Bertz CT molecular complexity index is 2380. The number of aromatic amines is 2. The maximum Gasteiger partial charge on any atom is 0.407 e. The molecular weight excluding hydrogens is 801 g/mol. The van der Waals surface area contributed by atoms with Gasteiger partial charge in [0.05, 0.1) is 75.1 Å². The van der Waals surface area contributed by atoms with Crippen molar-refractivity contribution in [2.45, 2.75) is 76.5 Å². The minimum absolute atomic E-state index is 0.00490. The van der Waals surface area contributed by atoms with E-state index in [1.54, 1.807) is 28.1 Å². The second-order valence-corrected chi connectivity index (χ2v) is 15.7. The molecule has 62 heavy (non-hydrogen) atoms. The first-order valence-electron chi connectivity index (χ1n) is 20.8. The van der Waals surface area contributed by atoms with Crippen molar-refractivity contribution in [3.8, 4) is 28.8 Å². The Morgan fingerprint density at radius 1 is 0.887 bits per heavy atom. The van der Waals surface area contributed by atoms with Crippen LogP contribution in [0.1, 0.15) is 97.6 Å². The first-order valence-corrected chi connectivity index (χ1v) is 20.8. The largest absolute Gasteiger partial charge is 0.493 e. The summed E-state index contributed by atoms with van der Waals surface area (Å²) in [4.78, 5) is 84.5. The van der Waals surface area contributed by atoms with Crippen molar-refractivity contribution in [1.29, 1.82) is 0 Å². The van der Waals surface area contributed by atoms with Crippen LogP contribution < -0.4 is 15.4 Å². The Labute approximate surface area is 358 Å². The van der Waals surface area contributed by atoms with E-state index in [4.69, 9.17) is 28.7 Å². The summed E-state index contributed by atoms with van der Waals surface area (Å²) in [6.45, 7) is 5.43. The third-order valence-electron chi connectivity index (χ3n) is 11.3. The van der Waals surface area contributed by atoms with Gasteiger partial charge >= 0.3 is 18.2 Å². The molecule has 2 bridgehead atoms. The predicted octanol–water partition coefficient (Wildman–Crippen LogP) is 4.76. The Kier molecular flexibility index (Phi) is 13.6. The minimum Gasteiger partial charge on any atom is -0.493 e. The Morgan fingerprint density at radius 3 is 2.44 bits per heavy atom. The number of H-pyrrole nitrogens is 2. The van der Waals surface area contributed by atoms with E-state index in [0.717, 1.165) is 18.4 Å². The number of imidazole rings is 2. The molecule has 4 aromatic rings. The normalized spacial score (nSPS) is 19.7. The summed E-state index contributed by atoms with van der Waals surface area (Å²) >= 11 is 0. The predicted molar refractivity (Wildman–Crippen MR) is 224 cm³/mol. The number of hydrogen-bond donors (Lipinski definition) is 4. The lowest BCUT2D eigenvalue weighted by Crippen LogP contribution is -2.51. The summed E-state index contributed by atoms with van der Waals surface area (Å²) in [5, 5.41) is 5.29. The van der Waals surface area contributed by atoms with Gasteiger partial charge in [-0.1, -0.05) is 25.7 Å². The van der Waals surface area contributed by atoms with Crippen LogP contribution >= 0.6 is 0 Å². The molecule has 4 N–H and O–H groups in total. The quantitative estimate of drug-likeness (QED) is 0.117. The van der Waals surface area contributed by atoms with E-state index < -0.39 is 30.2 Å². The highest BCUT2D eigenvalue weighted by atomic mass is 16.5. The van der Waals surface area contributed by atoms with Crippen LogP contribution in [0, 0.1) is 17.8 Å². The van der Waals surface area contributed by atoms with Crippen LogP contribution in [0.3, 0.4) is 0 Å². The molecule has 18 nitrogen and oxygen atoms in total. The number of likely N-dealkylation sites (tertiary alicyclic amines) is 1. The molecule has 0 radical (unpaired) electrons. The lowest BCUT2D eigenvalue weighted by atomic mass is 10.0. The highest BCUT2D eigenvalue weighted by molar-refractivity contribution is 5.97. The number of ether oxygens (including phenoxy) is 5. The van der Waals surface area contributed by atoms with Crippen molar-refractivity contribution in [1.82, 2.24) is 40.4 Å². The number of hydrogen-bond acceptors (Lipinski definition) is 12. The Hall–Kier alpha value is -6.61. The van der Waals surface area contributed by atoms with Gasteiger partial charge in [0.2, 0.25) is 11.8 Å². The number of aromatic nitrogens is 4. The molecule has 0 saturated carbocycles. The summed E-state index contributed by atoms with van der Waals surface area (Å²) in [6, 6.07) is 6.57. The third kappa shape index (κ3) is 9.47. The lowest BCUT2D eigenvalue weighted by molar-refractivity contribution is -0.136. The van der Waals surface area contributed by atoms with Crippen LogP contribution in [0.5, 0.6) is 5.75 Å². The van der Waals surface area contributed by atoms with Crippen molar-refractivity contribution in [2.24, 2.45) is 5.92 Å². The summed E-state index contributed by atoms with van der Waals surface area (Å²) in [6.07, 6.45) is 4.48. The average Bonchev–Trinajstić information content (AvgIpc) is 4.12. The SMILES string of the molecule is COC(=O)N[C@H]1COCCCCOc2cc(C#Cc3cc4[nH]c([C@@H]5CCCN5C(=O)[C@@H](NC(=O)OC)C(C)C)nc4cc3C(=O)OC)ccc2-c2cnc([nH]2)[C@@H]2CCCN2C1=O. The second kappa shape index (κ2) is 19.4. The van der Waals surface area contributed by atoms with Gasteiger partial charge in [-0.3, -0.25) is 9.59 Å². The number of methoxy groups -OCH3 is 3. The maximum absolute atomic E-state index is 13.7. The van der Waals surface area contributed by atoms with Gasteiger partial charge in [0.25, 0.3) is 0 Å². The number of benzene rings is 2.